The lowest BCUT2D eigenvalue weighted by Gasteiger charge is -2.25. The summed E-state index contributed by atoms with van der Waals surface area (Å²) in [5, 5.41) is 41.1. The van der Waals surface area contributed by atoms with Gasteiger partial charge in [0.1, 0.15) is 6.04 Å². The van der Waals surface area contributed by atoms with E-state index in [1.807, 2.05) is 0 Å². The summed E-state index contributed by atoms with van der Waals surface area (Å²) >= 11 is 0. The van der Waals surface area contributed by atoms with Crippen LogP contribution in [0.3, 0.4) is 0 Å². The quantitative estimate of drug-likeness (QED) is 0.225. The lowest BCUT2D eigenvalue weighted by Crippen LogP contribution is -2.53. The fourth-order valence-corrected chi connectivity index (χ4v) is 2.20. The van der Waals surface area contributed by atoms with Crippen LogP contribution in [-0.4, -0.2) is 66.1 Å². The molecule has 2 aromatic rings. The second-order valence-corrected chi connectivity index (χ2v) is 5.68. The number of carbonyl (C=O) groups excluding carboxylic acids is 2. The zero-order valence-corrected chi connectivity index (χ0v) is 14.0. The molecular formula is C16H20N4O6. The number of amides is 2. The molecule has 0 radical (unpaired) electrons. The molecule has 1 aromatic heterocycles. The zero-order valence-electron chi connectivity index (χ0n) is 14.0. The van der Waals surface area contributed by atoms with Gasteiger partial charge in [-0.3, -0.25) is 14.8 Å². The van der Waals surface area contributed by atoms with Gasteiger partial charge in [-0.2, -0.15) is 0 Å². The molecule has 2 atom stereocenters. The van der Waals surface area contributed by atoms with Crippen molar-refractivity contribution in [1.82, 2.24) is 20.3 Å². The maximum Gasteiger partial charge on any atom is 0.271 e. The van der Waals surface area contributed by atoms with Gasteiger partial charge < -0.3 is 25.6 Å². The van der Waals surface area contributed by atoms with Crippen molar-refractivity contribution in [3.63, 3.8) is 0 Å². The smallest absolute Gasteiger partial charge is 0.271 e. The Morgan fingerprint density at radius 3 is 2.62 bits per heavy atom. The number of hydrogen-bond acceptors (Lipinski definition) is 7. The van der Waals surface area contributed by atoms with Gasteiger partial charge in [0.25, 0.3) is 11.8 Å². The van der Waals surface area contributed by atoms with Gasteiger partial charge in [-0.05, 0) is 25.1 Å². The van der Waals surface area contributed by atoms with E-state index in [9.17, 15) is 30.1 Å². The average molecular weight is 364 g/mol. The van der Waals surface area contributed by atoms with E-state index in [2.05, 4.69) is 15.3 Å². The molecular weight excluding hydrogens is 344 g/mol. The third-order valence-corrected chi connectivity index (χ3v) is 3.67. The number of nitrogens with zero attached hydrogens (tertiary/aromatic N) is 2. The number of aliphatic hydroxyl groups excluding tert-OH is 1. The van der Waals surface area contributed by atoms with Crippen LogP contribution >= 0.6 is 0 Å². The van der Waals surface area contributed by atoms with Crippen molar-refractivity contribution in [2.45, 2.75) is 25.5 Å². The molecule has 2 rings (SSSR count). The Morgan fingerprint density at radius 1 is 1.31 bits per heavy atom. The van der Waals surface area contributed by atoms with Crippen molar-refractivity contribution in [1.29, 1.82) is 0 Å². The molecule has 0 saturated carbocycles. The number of aliphatic hydroxyl groups is 1. The maximum atomic E-state index is 12.3. The predicted octanol–water partition coefficient (Wildman–Crippen LogP) is -0.239. The number of carbonyl (C=O) groups is 2. The van der Waals surface area contributed by atoms with Crippen LogP contribution in [0.5, 0.6) is 11.5 Å². The molecule has 0 bridgehead atoms. The highest BCUT2D eigenvalue weighted by Gasteiger charge is 2.30. The van der Waals surface area contributed by atoms with E-state index in [1.54, 1.807) is 6.20 Å². The number of aromatic amines is 1. The number of aromatic nitrogens is 2. The van der Waals surface area contributed by atoms with Crippen molar-refractivity contribution in [3.8, 4) is 11.5 Å². The predicted molar refractivity (Wildman–Crippen MR) is 88.5 cm³/mol. The van der Waals surface area contributed by atoms with Crippen molar-refractivity contribution < 1.29 is 30.1 Å². The molecule has 0 aliphatic carbocycles. The lowest BCUT2D eigenvalue weighted by atomic mass is 10.1. The van der Waals surface area contributed by atoms with E-state index in [4.69, 9.17) is 0 Å². The van der Waals surface area contributed by atoms with Gasteiger partial charge in [-0.15, -0.1) is 0 Å². The fraction of sp³-hybridized carbons (Fsp3) is 0.312. The number of imidazole rings is 1. The average Bonchev–Trinajstić information content (AvgIpc) is 3.12. The largest absolute Gasteiger partial charge is 0.504 e. The first kappa shape index (κ1) is 19.2. The lowest BCUT2D eigenvalue weighted by molar-refractivity contribution is -0.169. The minimum absolute atomic E-state index is 0.0271. The molecule has 1 aromatic carbocycles. The summed E-state index contributed by atoms with van der Waals surface area (Å²) in [5.74, 6) is -2.55. The van der Waals surface area contributed by atoms with Crippen molar-refractivity contribution in [2.24, 2.45) is 0 Å². The van der Waals surface area contributed by atoms with Gasteiger partial charge in [0.15, 0.2) is 11.5 Å². The number of phenolic OH excluding ortho intramolecular Hbond substituents is 2. The number of aromatic hydroxyl groups is 2. The Kier molecular flexibility index (Phi) is 6.15. The summed E-state index contributed by atoms with van der Waals surface area (Å²) in [7, 11) is 0. The van der Waals surface area contributed by atoms with Crippen LogP contribution in [0.15, 0.2) is 30.7 Å². The minimum atomic E-state index is -1.40. The van der Waals surface area contributed by atoms with Crippen LogP contribution in [0.2, 0.25) is 0 Å². The number of benzene rings is 1. The molecule has 0 spiro atoms. The van der Waals surface area contributed by atoms with Crippen LogP contribution in [0.25, 0.3) is 0 Å². The van der Waals surface area contributed by atoms with Gasteiger partial charge in [0, 0.05) is 23.9 Å². The first-order chi connectivity index (χ1) is 12.3. The number of H-pyrrole nitrogens is 1. The van der Waals surface area contributed by atoms with Gasteiger partial charge in [0.2, 0.25) is 0 Å². The standard InChI is InChI=1S/C16H20N4O6/c1-9(21)14(16(25)20(26)5-4-11-7-17-8-18-11)19-15(24)10-2-3-12(22)13(23)6-10/h2-3,6-9,14,21-23,26H,4-5H2,1H3,(H,17,18)(H,19,24)/t9-,14+/m1/s1. The monoisotopic (exact) mass is 364 g/mol. The van der Waals surface area contributed by atoms with Crippen LogP contribution < -0.4 is 5.32 Å². The van der Waals surface area contributed by atoms with Crippen LogP contribution in [0.1, 0.15) is 23.0 Å². The van der Waals surface area contributed by atoms with Crippen LogP contribution in [-0.2, 0) is 11.2 Å². The topological polar surface area (TPSA) is 159 Å². The second kappa shape index (κ2) is 8.32. The number of rotatable bonds is 7. The fourth-order valence-electron chi connectivity index (χ4n) is 2.20. The number of nitrogens with one attached hydrogen (secondary N) is 2. The molecule has 140 valence electrons. The normalized spacial score (nSPS) is 13.0. The highest BCUT2D eigenvalue weighted by Crippen LogP contribution is 2.24. The second-order valence-electron chi connectivity index (χ2n) is 5.68. The Labute approximate surface area is 148 Å². The summed E-state index contributed by atoms with van der Waals surface area (Å²) in [4.78, 5) is 31.2. The zero-order chi connectivity index (χ0) is 19.3. The van der Waals surface area contributed by atoms with Crippen LogP contribution in [0, 0.1) is 0 Å². The summed E-state index contributed by atoms with van der Waals surface area (Å²) < 4.78 is 0. The van der Waals surface area contributed by atoms with Crippen molar-refractivity contribution in [2.75, 3.05) is 6.54 Å². The van der Waals surface area contributed by atoms with E-state index >= 15 is 0 Å². The minimum Gasteiger partial charge on any atom is -0.504 e. The number of phenols is 2. The first-order valence-electron chi connectivity index (χ1n) is 7.78. The third kappa shape index (κ3) is 4.71. The van der Waals surface area contributed by atoms with E-state index in [-0.39, 0.29) is 12.1 Å². The maximum absolute atomic E-state index is 12.3. The molecule has 6 N–H and O–H groups in total. The SMILES string of the molecule is C[C@@H](O)[C@H](NC(=O)c1ccc(O)c(O)c1)C(=O)N(O)CCc1cnc[nH]1. The van der Waals surface area contributed by atoms with E-state index in [0.29, 0.717) is 17.2 Å². The molecule has 10 heteroatoms. The third-order valence-electron chi connectivity index (χ3n) is 3.67. The van der Waals surface area contributed by atoms with Gasteiger partial charge >= 0.3 is 0 Å². The number of hydrogen-bond donors (Lipinski definition) is 6. The Hall–Kier alpha value is -3.11. The Morgan fingerprint density at radius 2 is 2.04 bits per heavy atom. The summed E-state index contributed by atoms with van der Waals surface area (Å²) in [6.45, 7) is 1.22. The molecule has 2 amide bonds. The van der Waals surface area contributed by atoms with Gasteiger partial charge in [-0.1, -0.05) is 0 Å². The highest BCUT2D eigenvalue weighted by molar-refractivity contribution is 5.98. The van der Waals surface area contributed by atoms with E-state index in [1.165, 1.54) is 19.3 Å². The molecule has 0 fully saturated rings. The van der Waals surface area contributed by atoms with Gasteiger partial charge in [0.05, 0.1) is 19.0 Å². The van der Waals surface area contributed by atoms with Gasteiger partial charge in [-0.25, -0.2) is 10.0 Å². The first-order valence-corrected chi connectivity index (χ1v) is 7.78. The molecule has 26 heavy (non-hydrogen) atoms. The molecule has 0 aliphatic rings. The Balaban J connectivity index is 2.03. The molecule has 0 saturated heterocycles. The van der Waals surface area contributed by atoms with E-state index < -0.39 is 35.5 Å². The molecule has 10 nitrogen and oxygen atoms in total. The summed E-state index contributed by atoms with van der Waals surface area (Å²) in [5.41, 5.74) is 0.676. The summed E-state index contributed by atoms with van der Waals surface area (Å²) in [6.07, 6.45) is 2.03. The molecule has 1 heterocycles. The molecule has 0 unspecified atom stereocenters. The highest BCUT2D eigenvalue weighted by atomic mass is 16.5. The molecule has 0 aliphatic heterocycles. The summed E-state index contributed by atoms with van der Waals surface area (Å²) in [6, 6.07) is 1.98. The van der Waals surface area contributed by atoms with Crippen LogP contribution in [0.4, 0.5) is 0 Å². The van der Waals surface area contributed by atoms with Crippen molar-refractivity contribution in [3.05, 3.63) is 42.0 Å². The van der Waals surface area contributed by atoms with E-state index in [0.717, 1.165) is 12.1 Å². The number of hydroxylamine groups is 2. The van der Waals surface area contributed by atoms with Crippen molar-refractivity contribution >= 4 is 11.8 Å². The Bertz CT molecular complexity index is 762.